The predicted molar refractivity (Wildman–Crippen MR) is 97.5 cm³/mol. The lowest BCUT2D eigenvalue weighted by molar-refractivity contribution is 0.102. The van der Waals surface area contributed by atoms with E-state index in [-0.39, 0.29) is 17.0 Å². The maximum atomic E-state index is 12.6. The predicted octanol–water partition coefficient (Wildman–Crippen LogP) is 3.40. The summed E-state index contributed by atoms with van der Waals surface area (Å²) in [6, 6.07) is 13.9. The Hall–Kier alpha value is -3.41. The second-order valence-electron chi connectivity index (χ2n) is 5.43. The number of nitrogens with one attached hydrogen (secondary N) is 1. The van der Waals surface area contributed by atoms with Crippen LogP contribution in [0.3, 0.4) is 0 Å². The van der Waals surface area contributed by atoms with Gasteiger partial charge >= 0.3 is 0 Å². The molecular weight excluding hydrogens is 320 g/mol. The Balaban J connectivity index is 1.99. The second kappa shape index (κ2) is 6.60. The zero-order valence-corrected chi connectivity index (χ0v) is 13.9. The summed E-state index contributed by atoms with van der Waals surface area (Å²) in [5, 5.41) is 14.5. The third-order valence-electron chi connectivity index (χ3n) is 3.96. The quantitative estimate of drug-likeness (QED) is 0.501. The number of ether oxygens (including phenoxy) is 2. The number of nitrogen functional groups attached to an aromatic ring is 1. The van der Waals surface area contributed by atoms with E-state index in [1.807, 2.05) is 18.2 Å². The van der Waals surface area contributed by atoms with Crippen LogP contribution in [0.5, 0.6) is 17.2 Å². The molecule has 6 heteroatoms. The molecule has 25 heavy (non-hydrogen) atoms. The van der Waals surface area contributed by atoms with Gasteiger partial charge in [0.1, 0.15) is 11.5 Å². The fraction of sp³-hybridized carbons (Fsp3) is 0.105. The van der Waals surface area contributed by atoms with Gasteiger partial charge in [0.05, 0.1) is 31.2 Å². The number of phenols is 1. The largest absolute Gasteiger partial charge is 0.505 e. The highest BCUT2D eigenvalue weighted by Crippen LogP contribution is 2.35. The summed E-state index contributed by atoms with van der Waals surface area (Å²) in [4.78, 5) is 12.6. The van der Waals surface area contributed by atoms with Crippen LogP contribution in [0.2, 0.25) is 0 Å². The van der Waals surface area contributed by atoms with Crippen molar-refractivity contribution < 1.29 is 19.4 Å². The molecule has 0 saturated heterocycles. The van der Waals surface area contributed by atoms with Gasteiger partial charge in [-0.2, -0.15) is 0 Å². The normalized spacial score (nSPS) is 10.5. The van der Waals surface area contributed by atoms with Gasteiger partial charge in [0.2, 0.25) is 0 Å². The second-order valence-corrected chi connectivity index (χ2v) is 5.43. The minimum absolute atomic E-state index is 0.0917. The molecule has 0 aliphatic heterocycles. The monoisotopic (exact) mass is 338 g/mol. The van der Waals surface area contributed by atoms with E-state index in [1.165, 1.54) is 7.11 Å². The molecule has 0 aromatic heterocycles. The van der Waals surface area contributed by atoms with Gasteiger partial charge in [0, 0.05) is 11.5 Å². The minimum atomic E-state index is -0.488. The maximum absolute atomic E-state index is 12.6. The Morgan fingerprint density at radius 3 is 2.56 bits per heavy atom. The van der Waals surface area contributed by atoms with Crippen LogP contribution in [0.25, 0.3) is 10.8 Å². The van der Waals surface area contributed by atoms with E-state index in [0.717, 1.165) is 5.39 Å². The van der Waals surface area contributed by atoms with E-state index in [9.17, 15) is 9.90 Å². The van der Waals surface area contributed by atoms with E-state index >= 15 is 0 Å². The van der Waals surface area contributed by atoms with Gasteiger partial charge < -0.3 is 25.6 Å². The van der Waals surface area contributed by atoms with Crippen molar-refractivity contribution in [2.45, 2.75) is 0 Å². The van der Waals surface area contributed by atoms with Crippen LogP contribution >= 0.6 is 0 Å². The van der Waals surface area contributed by atoms with Crippen molar-refractivity contribution in [3.05, 3.63) is 54.1 Å². The number of amides is 1. The number of carbonyl (C=O) groups excluding carboxylic acids is 1. The first kappa shape index (κ1) is 16.4. The van der Waals surface area contributed by atoms with Gasteiger partial charge in [-0.3, -0.25) is 4.79 Å². The number of hydrogen-bond donors (Lipinski definition) is 3. The zero-order chi connectivity index (χ0) is 18.0. The molecule has 6 nitrogen and oxygen atoms in total. The Labute approximate surface area is 144 Å². The lowest BCUT2D eigenvalue weighted by atomic mass is 10.0. The third kappa shape index (κ3) is 3.01. The van der Waals surface area contributed by atoms with E-state index in [2.05, 4.69) is 5.32 Å². The highest BCUT2D eigenvalue weighted by Gasteiger charge is 2.18. The first-order valence-electron chi connectivity index (χ1n) is 7.58. The lowest BCUT2D eigenvalue weighted by Crippen LogP contribution is -2.13. The smallest absolute Gasteiger partial charge is 0.259 e. The van der Waals surface area contributed by atoms with Gasteiger partial charge in [-0.1, -0.05) is 24.3 Å². The molecule has 0 heterocycles. The summed E-state index contributed by atoms with van der Waals surface area (Å²) in [5.74, 6) is 0.315. The average Bonchev–Trinajstić information content (AvgIpc) is 2.64. The molecule has 0 fully saturated rings. The van der Waals surface area contributed by atoms with Crippen molar-refractivity contribution in [2.75, 3.05) is 25.3 Å². The number of benzene rings is 3. The number of methoxy groups -OCH3 is 2. The number of anilines is 2. The van der Waals surface area contributed by atoms with Gasteiger partial charge in [0.15, 0.2) is 5.75 Å². The Bertz CT molecular complexity index is 954. The Morgan fingerprint density at radius 2 is 1.84 bits per heavy atom. The van der Waals surface area contributed by atoms with Crippen LogP contribution in [0, 0.1) is 0 Å². The van der Waals surface area contributed by atoms with Crippen molar-refractivity contribution in [1.82, 2.24) is 0 Å². The van der Waals surface area contributed by atoms with Gasteiger partial charge in [0.25, 0.3) is 5.91 Å². The lowest BCUT2D eigenvalue weighted by Gasteiger charge is -2.14. The van der Waals surface area contributed by atoms with E-state index in [1.54, 1.807) is 37.4 Å². The van der Waals surface area contributed by atoms with Gasteiger partial charge in [-0.25, -0.2) is 0 Å². The zero-order valence-electron chi connectivity index (χ0n) is 13.9. The number of hydrogen-bond acceptors (Lipinski definition) is 5. The number of aromatic hydroxyl groups is 1. The van der Waals surface area contributed by atoms with Crippen LogP contribution in [0.4, 0.5) is 11.4 Å². The standard InChI is InChI=1S/C19H18N2O4/c1-24-12-7-8-15(16(10-12)25-2)21-19(23)14-9-11-5-3-4-6-13(11)17(20)18(14)22/h3-10,22H,20H2,1-2H3,(H,21,23). The molecule has 0 bridgehead atoms. The summed E-state index contributed by atoms with van der Waals surface area (Å²) >= 11 is 0. The molecule has 4 N–H and O–H groups in total. The van der Waals surface area contributed by atoms with Crippen LogP contribution < -0.4 is 20.5 Å². The Morgan fingerprint density at radius 1 is 1.08 bits per heavy atom. The van der Waals surface area contributed by atoms with Crippen LogP contribution in [-0.2, 0) is 0 Å². The maximum Gasteiger partial charge on any atom is 0.259 e. The number of rotatable bonds is 4. The third-order valence-corrected chi connectivity index (χ3v) is 3.96. The molecule has 1 amide bonds. The average molecular weight is 338 g/mol. The van der Waals surface area contributed by atoms with E-state index < -0.39 is 5.91 Å². The summed E-state index contributed by atoms with van der Waals surface area (Å²) in [6.07, 6.45) is 0. The molecule has 0 unspecified atom stereocenters. The van der Waals surface area contributed by atoms with Crippen molar-refractivity contribution in [3.63, 3.8) is 0 Å². The summed E-state index contributed by atoms with van der Waals surface area (Å²) in [7, 11) is 3.04. The van der Waals surface area contributed by atoms with Crippen molar-refractivity contribution in [1.29, 1.82) is 0 Å². The number of fused-ring (bicyclic) bond motifs is 1. The van der Waals surface area contributed by atoms with Crippen molar-refractivity contribution >= 4 is 28.1 Å². The molecular formula is C19H18N2O4. The van der Waals surface area contributed by atoms with Crippen LogP contribution in [0.15, 0.2) is 48.5 Å². The molecule has 3 aromatic carbocycles. The Kier molecular flexibility index (Phi) is 4.35. The molecule has 0 saturated carbocycles. The number of carbonyl (C=O) groups is 1. The van der Waals surface area contributed by atoms with Gasteiger partial charge in [-0.15, -0.1) is 0 Å². The first-order valence-corrected chi connectivity index (χ1v) is 7.58. The molecule has 0 radical (unpaired) electrons. The molecule has 0 atom stereocenters. The fourth-order valence-corrected chi connectivity index (χ4v) is 2.63. The molecule has 0 aliphatic rings. The van der Waals surface area contributed by atoms with E-state index in [0.29, 0.717) is 22.6 Å². The summed E-state index contributed by atoms with van der Waals surface area (Å²) < 4.78 is 10.4. The van der Waals surface area contributed by atoms with Gasteiger partial charge in [-0.05, 0) is 23.6 Å². The van der Waals surface area contributed by atoms with E-state index in [4.69, 9.17) is 15.2 Å². The molecule has 0 spiro atoms. The first-order chi connectivity index (χ1) is 12.0. The highest BCUT2D eigenvalue weighted by atomic mass is 16.5. The molecule has 0 aliphatic carbocycles. The topological polar surface area (TPSA) is 93.8 Å². The van der Waals surface area contributed by atoms with Crippen molar-refractivity contribution in [2.24, 2.45) is 0 Å². The molecule has 128 valence electrons. The minimum Gasteiger partial charge on any atom is -0.505 e. The number of phenolic OH excluding ortho intramolecular Hbond substituents is 1. The SMILES string of the molecule is COc1ccc(NC(=O)c2cc3ccccc3c(N)c2O)c(OC)c1. The molecule has 3 rings (SSSR count). The molecule has 3 aromatic rings. The van der Waals surface area contributed by atoms with Crippen molar-refractivity contribution in [3.8, 4) is 17.2 Å². The summed E-state index contributed by atoms with van der Waals surface area (Å²) in [6.45, 7) is 0. The van der Waals surface area contributed by atoms with Crippen LogP contribution in [-0.4, -0.2) is 25.2 Å². The fourth-order valence-electron chi connectivity index (χ4n) is 2.63. The summed E-state index contributed by atoms with van der Waals surface area (Å²) in [5.41, 5.74) is 6.69. The van der Waals surface area contributed by atoms with Crippen LogP contribution in [0.1, 0.15) is 10.4 Å². The number of nitrogens with two attached hydrogens (primary N) is 1. The highest BCUT2D eigenvalue weighted by molar-refractivity contribution is 6.12.